The second-order valence-corrected chi connectivity index (χ2v) is 5.82. The SMILES string of the molecule is COCC(=O)NC(c1cnc2ccccc2c1)C1CC(O)C1. The van der Waals surface area contributed by atoms with E-state index in [0.717, 1.165) is 16.5 Å². The van der Waals surface area contributed by atoms with Crippen molar-refractivity contribution in [3.8, 4) is 0 Å². The maximum Gasteiger partial charge on any atom is 0.246 e. The van der Waals surface area contributed by atoms with Gasteiger partial charge in [-0.15, -0.1) is 0 Å². The zero-order valence-electron chi connectivity index (χ0n) is 12.5. The highest BCUT2D eigenvalue weighted by molar-refractivity contribution is 5.80. The van der Waals surface area contributed by atoms with Gasteiger partial charge in [0.2, 0.25) is 5.91 Å². The molecule has 22 heavy (non-hydrogen) atoms. The first-order valence-electron chi connectivity index (χ1n) is 7.48. The molecule has 0 bridgehead atoms. The van der Waals surface area contributed by atoms with Gasteiger partial charge in [-0.25, -0.2) is 0 Å². The lowest BCUT2D eigenvalue weighted by Gasteiger charge is -2.38. The van der Waals surface area contributed by atoms with Gasteiger partial charge in [-0.3, -0.25) is 9.78 Å². The standard InChI is InChI=1S/C17H20N2O3/c1-22-10-16(21)19-17(12-7-14(20)8-12)13-6-11-4-2-3-5-15(11)18-9-13/h2-6,9,12,14,17,20H,7-8,10H2,1H3,(H,19,21). The van der Waals surface area contributed by atoms with Crippen molar-refractivity contribution < 1.29 is 14.6 Å². The minimum atomic E-state index is -0.264. The number of amides is 1. The fraction of sp³-hybridized carbons (Fsp3) is 0.412. The Morgan fingerprint density at radius 2 is 2.23 bits per heavy atom. The molecule has 1 unspecified atom stereocenters. The Balaban J connectivity index is 1.87. The minimum Gasteiger partial charge on any atom is -0.393 e. The molecule has 1 aliphatic rings. The number of rotatable bonds is 5. The molecular weight excluding hydrogens is 280 g/mol. The fourth-order valence-electron chi connectivity index (χ4n) is 2.98. The van der Waals surface area contributed by atoms with Gasteiger partial charge in [0, 0.05) is 18.7 Å². The maximum atomic E-state index is 11.9. The number of para-hydroxylation sites is 1. The second kappa shape index (κ2) is 6.42. The number of methoxy groups -OCH3 is 1. The van der Waals surface area contributed by atoms with Crippen molar-refractivity contribution in [2.24, 2.45) is 5.92 Å². The number of carbonyl (C=O) groups excluding carboxylic acids is 1. The Kier molecular flexibility index (Phi) is 4.36. The lowest BCUT2D eigenvalue weighted by Crippen LogP contribution is -2.42. The first kappa shape index (κ1) is 14.9. The number of nitrogens with one attached hydrogen (secondary N) is 1. The first-order valence-corrected chi connectivity index (χ1v) is 7.48. The predicted octanol–water partition coefficient (Wildman–Crippen LogP) is 1.81. The van der Waals surface area contributed by atoms with E-state index in [1.165, 1.54) is 7.11 Å². The van der Waals surface area contributed by atoms with Gasteiger partial charge in [-0.1, -0.05) is 18.2 Å². The summed E-state index contributed by atoms with van der Waals surface area (Å²) >= 11 is 0. The number of nitrogens with zero attached hydrogens (tertiary/aromatic N) is 1. The highest BCUT2D eigenvalue weighted by Gasteiger charge is 2.35. The van der Waals surface area contributed by atoms with Crippen molar-refractivity contribution in [1.29, 1.82) is 0 Å². The van der Waals surface area contributed by atoms with E-state index in [1.54, 1.807) is 0 Å². The van der Waals surface area contributed by atoms with Crippen molar-refractivity contribution in [2.75, 3.05) is 13.7 Å². The van der Waals surface area contributed by atoms with Crippen LogP contribution in [0.25, 0.3) is 10.9 Å². The van der Waals surface area contributed by atoms with Crippen LogP contribution in [0, 0.1) is 5.92 Å². The summed E-state index contributed by atoms with van der Waals surface area (Å²) in [6.07, 6.45) is 2.94. The zero-order valence-corrected chi connectivity index (χ0v) is 12.5. The van der Waals surface area contributed by atoms with E-state index in [0.29, 0.717) is 12.8 Å². The van der Waals surface area contributed by atoms with E-state index in [2.05, 4.69) is 16.4 Å². The van der Waals surface area contributed by atoms with Crippen LogP contribution < -0.4 is 5.32 Å². The normalized spacial score (nSPS) is 22.1. The Labute approximate surface area is 129 Å². The molecule has 1 aromatic heterocycles. The highest BCUT2D eigenvalue weighted by Crippen LogP contribution is 2.38. The Bertz CT molecular complexity index is 668. The molecule has 0 radical (unpaired) electrons. The number of aliphatic hydroxyl groups excluding tert-OH is 1. The van der Waals surface area contributed by atoms with E-state index in [4.69, 9.17) is 4.74 Å². The van der Waals surface area contributed by atoms with Crippen LogP contribution in [0.3, 0.4) is 0 Å². The third-order valence-electron chi connectivity index (χ3n) is 4.18. The summed E-state index contributed by atoms with van der Waals surface area (Å²) in [5.74, 6) is 0.0841. The number of carbonyl (C=O) groups is 1. The summed E-state index contributed by atoms with van der Waals surface area (Å²) in [7, 11) is 1.50. The maximum absolute atomic E-state index is 11.9. The molecule has 1 heterocycles. The van der Waals surface area contributed by atoms with Crippen molar-refractivity contribution in [2.45, 2.75) is 25.0 Å². The molecule has 5 heteroatoms. The van der Waals surface area contributed by atoms with E-state index in [9.17, 15) is 9.90 Å². The molecular formula is C17H20N2O3. The summed E-state index contributed by atoms with van der Waals surface area (Å²) in [5.41, 5.74) is 1.90. The fourth-order valence-corrected chi connectivity index (χ4v) is 2.98. The van der Waals surface area contributed by atoms with Gasteiger partial charge in [-0.05, 0) is 36.5 Å². The Hall–Kier alpha value is -1.98. The molecule has 3 rings (SSSR count). The van der Waals surface area contributed by atoms with Gasteiger partial charge < -0.3 is 15.2 Å². The van der Waals surface area contributed by atoms with Gasteiger partial charge in [0.05, 0.1) is 17.7 Å². The van der Waals surface area contributed by atoms with Crippen LogP contribution in [0.15, 0.2) is 36.5 Å². The van der Waals surface area contributed by atoms with Gasteiger partial charge >= 0.3 is 0 Å². The lowest BCUT2D eigenvalue weighted by molar-refractivity contribution is -0.126. The second-order valence-electron chi connectivity index (χ2n) is 5.82. The van der Waals surface area contributed by atoms with Crippen molar-refractivity contribution >= 4 is 16.8 Å². The van der Waals surface area contributed by atoms with Crippen LogP contribution in [0.1, 0.15) is 24.4 Å². The Morgan fingerprint density at radius 3 is 2.95 bits per heavy atom. The average molecular weight is 300 g/mol. The number of benzene rings is 1. The molecule has 1 amide bonds. The molecule has 2 aromatic rings. The number of fused-ring (bicyclic) bond motifs is 1. The molecule has 116 valence electrons. The molecule has 1 saturated carbocycles. The van der Waals surface area contributed by atoms with E-state index >= 15 is 0 Å². The topological polar surface area (TPSA) is 71.5 Å². The van der Waals surface area contributed by atoms with Crippen molar-refractivity contribution in [3.05, 3.63) is 42.1 Å². The summed E-state index contributed by atoms with van der Waals surface area (Å²) in [6.45, 7) is 0.0345. The molecule has 0 aliphatic heterocycles. The third kappa shape index (κ3) is 3.10. The number of aliphatic hydroxyl groups is 1. The van der Waals surface area contributed by atoms with Crippen LogP contribution in [0.2, 0.25) is 0 Å². The van der Waals surface area contributed by atoms with Gasteiger partial charge in [-0.2, -0.15) is 0 Å². The molecule has 1 atom stereocenters. The monoisotopic (exact) mass is 300 g/mol. The molecule has 1 aromatic carbocycles. The predicted molar refractivity (Wildman–Crippen MR) is 83.2 cm³/mol. The molecule has 1 aliphatic carbocycles. The van der Waals surface area contributed by atoms with Crippen LogP contribution in [-0.2, 0) is 9.53 Å². The molecule has 0 saturated heterocycles. The quantitative estimate of drug-likeness (QED) is 0.883. The van der Waals surface area contributed by atoms with E-state index in [1.807, 2.05) is 30.5 Å². The number of hydrogen-bond acceptors (Lipinski definition) is 4. The van der Waals surface area contributed by atoms with Gasteiger partial charge in [0.15, 0.2) is 0 Å². The third-order valence-corrected chi connectivity index (χ3v) is 4.18. The average Bonchev–Trinajstić information content (AvgIpc) is 2.50. The van der Waals surface area contributed by atoms with Crippen molar-refractivity contribution in [1.82, 2.24) is 10.3 Å². The minimum absolute atomic E-state index is 0.0345. The molecule has 0 spiro atoms. The van der Waals surface area contributed by atoms with Gasteiger partial charge in [0.1, 0.15) is 6.61 Å². The number of hydrogen-bond donors (Lipinski definition) is 2. The first-order chi connectivity index (χ1) is 10.7. The summed E-state index contributed by atoms with van der Waals surface area (Å²) in [6, 6.07) is 9.82. The number of ether oxygens (including phenoxy) is 1. The summed E-state index contributed by atoms with van der Waals surface area (Å²) in [5, 5.41) is 13.6. The van der Waals surface area contributed by atoms with Crippen molar-refractivity contribution in [3.63, 3.8) is 0 Å². The molecule has 2 N–H and O–H groups in total. The van der Waals surface area contributed by atoms with Gasteiger partial charge in [0.25, 0.3) is 0 Å². The number of aromatic nitrogens is 1. The molecule has 1 fully saturated rings. The van der Waals surface area contributed by atoms with Crippen LogP contribution in [0.5, 0.6) is 0 Å². The summed E-state index contributed by atoms with van der Waals surface area (Å²) < 4.78 is 4.89. The van der Waals surface area contributed by atoms with Crippen LogP contribution in [-0.4, -0.2) is 35.8 Å². The van der Waals surface area contributed by atoms with E-state index in [-0.39, 0.29) is 30.6 Å². The largest absolute Gasteiger partial charge is 0.393 e. The lowest BCUT2D eigenvalue weighted by atomic mass is 9.75. The zero-order chi connectivity index (χ0) is 15.5. The molecule has 5 nitrogen and oxygen atoms in total. The smallest absolute Gasteiger partial charge is 0.246 e. The van der Waals surface area contributed by atoms with Crippen LogP contribution in [0.4, 0.5) is 0 Å². The Morgan fingerprint density at radius 1 is 1.45 bits per heavy atom. The van der Waals surface area contributed by atoms with E-state index < -0.39 is 0 Å². The summed E-state index contributed by atoms with van der Waals surface area (Å²) in [4.78, 5) is 16.4. The number of pyridine rings is 1. The highest BCUT2D eigenvalue weighted by atomic mass is 16.5. The van der Waals surface area contributed by atoms with Crippen LogP contribution >= 0.6 is 0 Å².